The van der Waals surface area contributed by atoms with Gasteiger partial charge >= 0.3 is 0 Å². The van der Waals surface area contributed by atoms with E-state index in [9.17, 15) is 0 Å². The Balaban J connectivity index is 1.44. The van der Waals surface area contributed by atoms with Crippen LogP contribution in [0, 0.1) is 0 Å². The minimum absolute atomic E-state index is 0.580. The molecule has 2 N–H and O–H groups in total. The Morgan fingerprint density at radius 1 is 0.824 bits per heavy atom. The van der Waals surface area contributed by atoms with Crippen LogP contribution in [0.5, 0.6) is 12.0 Å². The van der Waals surface area contributed by atoms with Crippen molar-refractivity contribution in [3.8, 4) is 12.0 Å². The Morgan fingerprint density at radius 3 is 1.76 bits per heavy atom. The van der Waals surface area contributed by atoms with Crippen molar-refractivity contribution in [3.05, 3.63) is 24.8 Å². The Kier molecular flexibility index (Phi) is 4.45. The zero-order valence-corrected chi connectivity index (χ0v) is 9.56. The summed E-state index contributed by atoms with van der Waals surface area (Å²) in [4.78, 5) is 13.7. The summed E-state index contributed by atoms with van der Waals surface area (Å²) < 4.78 is 10.7. The highest BCUT2D eigenvalue weighted by atomic mass is 16.5. The van der Waals surface area contributed by atoms with Crippen molar-refractivity contribution in [2.75, 3.05) is 13.2 Å². The van der Waals surface area contributed by atoms with Crippen molar-refractivity contribution in [2.24, 2.45) is 0 Å². The first-order valence-electron chi connectivity index (χ1n) is 5.69. The van der Waals surface area contributed by atoms with E-state index in [1.54, 1.807) is 24.8 Å². The number of aromatic amines is 2. The third kappa shape index (κ3) is 4.18. The van der Waals surface area contributed by atoms with Crippen molar-refractivity contribution in [1.29, 1.82) is 0 Å². The number of hydrogen-bond donors (Lipinski definition) is 2. The van der Waals surface area contributed by atoms with Crippen LogP contribution in [0.3, 0.4) is 0 Å². The van der Waals surface area contributed by atoms with Crippen LogP contribution in [-0.4, -0.2) is 33.1 Å². The second kappa shape index (κ2) is 6.57. The van der Waals surface area contributed by atoms with Gasteiger partial charge in [0.2, 0.25) is 0 Å². The van der Waals surface area contributed by atoms with Crippen molar-refractivity contribution < 1.29 is 9.47 Å². The number of unbranched alkanes of at least 4 members (excludes halogenated alkanes) is 2. The molecule has 0 spiro atoms. The second-order valence-electron chi connectivity index (χ2n) is 3.55. The third-order valence-electron chi connectivity index (χ3n) is 2.21. The minimum Gasteiger partial charge on any atom is -0.465 e. The summed E-state index contributed by atoms with van der Waals surface area (Å²) in [5.74, 6) is 0. The van der Waals surface area contributed by atoms with Gasteiger partial charge in [0.1, 0.15) is 0 Å². The van der Waals surface area contributed by atoms with Gasteiger partial charge in [0, 0.05) is 24.8 Å². The second-order valence-corrected chi connectivity index (χ2v) is 3.55. The van der Waals surface area contributed by atoms with E-state index in [-0.39, 0.29) is 0 Å². The van der Waals surface area contributed by atoms with Gasteiger partial charge in [0.15, 0.2) is 0 Å². The molecule has 0 aromatic carbocycles. The summed E-state index contributed by atoms with van der Waals surface area (Å²) >= 11 is 0. The smallest absolute Gasteiger partial charge is 0.293 e. The molecule has 6 nitrogen and oxygen atoms in total. The number of aromatic nitrogens is 4. The van der Waals surface area contributed by atoms with Crippen LogP contribution in [0.25, 0.3) is 0 Å². The maximum Gasteiger partial charge on any atom is 0.293 e. The molecule has 0 saturated carbocycles. The molecule has 92 valence electrons. The average molecular weight is 236 g/mol. The molecule has 0 radical (unpaired) electrons. The highest BCUT2D eigenvalue weighted by Gasteiger charge is 1.96. The predicted molar refractivity (Wildman–Crippen MR) is 62.0 cm³/mol. The standard InChI is InChI=1S/C11H16N4O2/c1(2-8-16-10-12-4-5-13-10)3-9-17-11-14-6-7-15-11/h4-7H,1-3,8-9H2,(H,12,13)(H,14,15). The Bertz CT molecular complexity index is 347. The maximum atomic E-state index is 5.37. The number of hydrogen-bond acceptors (Lipinski definition) is 4. The van der Waals surface area contributed by atoms with Crippen LogP contribution in [0.15, 0.2) is 24.8 Å². The monoisotopic (exact) mass is 236 g/mol. The lowest BCUT2D eigenvalue weighted by molar-refractivity contribution is 0.261. The minimum atomic E-state index is 0.580. The van der Waals surface area contributed by atoms with Gasteiger partial charge in [0.05, 0.1) is 13.2 Å². The van der Waals surface area contributed by atoms with Gasteiger partial charge in [-0.25, -0.2) is 9.97 Å². The average Bonchev–Trinajstić information content (AvgIpc) is 3.00. The first-order valence-corrected chi connectivity index (χ1v) is 5.69. The van der Waals surface area contributed by atoms with Gasteiger partial charge in [-0.3, -0.25) is 0 Å². The van der Waals surface area contributed by atoms with E-state index in [2.05, 4.69) is 19.9 Å². The lowest BCUT2D eigenvalue weighted by atomic mass is 10.2. The molecule has 2 heterocycles. The molecule has 0 amide bonds. The molecule has 2 aromatic heterocycles. The Labute approximate surface area is 99.4 Å². The third-order valence-corrected chi connectivity index (χ3v) is 2.21. The SMILES string of the molecule is c1c[nH]c(OCCCCCOc2ncc[nH]2)n1. The molecule has 0 fully saturated rings. The number of nitrogens with zero attached hydrogens (tertiary/aromatic N) is 2. The van der Waals surface area contributed by atoms with Crippen molar-refractivity contribution in [3.63, 3.8) is 0 Å². The molecule has 6 heteroatoms. The molecule has 0 aliphatic carbocycles. The molecule has 2 aromatic rings. The summed E-state index contributed by atoms with van der Waals surface area (Å²) in [5, 5.41) is 0. The first-order chi connectivity index (χ1) is 8.45. The molecule has 0 aliphatic rings. The first kappa shape index (κ1) is 11.5. The van der Waals surface area contributed by atoms with Crippen LogP contribution in [0.1, 0.15) is 19.3 Å². The van der Waals surface area contributed by atoms with E-state index in [0.717, 1.165) is 19.3 Å². The quantitative estimate of drug-likeness (QED) is 0.685. The molecule has 0 atom stereocenters. The van der Waals surface area contributed by atoms with Crippen molar-refractivity contribution in [1.82, 2.24) is 19.9 Å². The molecular weight excluding hydrogens is 220 g/mol. The van der Waals surface area contributed by atoms with Gasteiger partial charge in [-0.2, -0.15) is 0 Å². The van der Waals surface area contributed by atoms with Gasteiger partial charge in [-0.05, 0) is 19.3 Å². The number of imidazole rings is 2. The normalized spacial score (nSPS) is 10.4. The van der Waals surface area contributed by atoms with Crippen LogP contribution < -0.4 is 9.47 Å². The zero-order chi connectivity index (χ0) is 11.8. The van der Waals surface area contributed by atoms with Gasteiger partial charge in [0.25, 0.3) is 12.0 Å². The summed E-state index contributed by atoms with van der Waals surface area (Å²) in [6, 6.07) is 1.16. The molecule has 17 heavy (non-hydrogen) atoms. The fourth-order valence-electron chi connectivity index (χ4n) is 1.38. The number of nitrogens with one attached hydrogen (secondary N) is 2. The van der Waals surface area contributed by atoms with Crippen molar-refractivity contribution in [2.45, 2.75) is 19.3 Å². The topological polar surface area (TPSA) is 75.8 Å². The van der Waals surface area contributed by atoms with E-state index < -0.39 is 0 Å². The fourth-order valence-corrected chi connectivity index (χ4v) is 1.38. The lowest BCUT2D eigenvalue weighted by Crippen LogP contribution is -2.02. The highest BCUT2D eigenvalue weighted by Crippen LogP contribution is 2.03. The highest BCUT2D eigenvalue weighted by molar-refractivity contribution is 4.92. The lowest BCUT2D eigenvalue weighted by Gasteiger charge is -2.03. The van der Waals surface area contributed by atoms with Gasteiger partial charge < -0.3 is 19.4 Å². The summed E-state index contributed by atoms with van der Waals surface area (Å²) in [5.41, 5.74) is 0. The molecule has 0 saturated heterocycles. The van der Waals surface area contributed by atoms with Crippen LogP contribution >= 0.6 is 0 Å². The summed E-state index contributed by atoms with van der Waals surface area (Å²) in [6.07, 6.45) is 9.87. The molecule has 0 bridgehead atoms. The zero-order valence-electron chi connectivity index (χ0n) is 9.56. The number of ether oxygens (including phenoxy) is 2. The van der Waals surface area contributed by atoms with Crippen LogP contribution in [0.2, 0.25) is 0 Å². The molecule has 0 unspecified atom stereocenters. The van der Waals surface area contributed by atoms with Crippen LogP contribution in [0.4, 0.5) is 0 Å². The summed E-state index contributed by atoms with van der Waals surface area (Å²) in [7, 11) is 0. The van der Waals surface area contributed by atoms with E-state index in [1.165, 1.54) is 0 Å². The van der Waals surface area contributed by atoms with E-state index in [1.807, 2.05) is 0 Å². The maximum absolute atomic E-state index is 5.37. The number of rotatable bonds is 8. The van der Waals surface area contributed by atoms with E-state index in [4.69, 9.17) is 9.47 Å². The Hall–Kier alpha value is -1.98. The number of H-pyrrole nitrogens is 2. The van der Waals surface area contributed by atoms with Crippen molar-refractivity contribution >= 4 is 0 Å². The predicted octanol–water partition coefficient (Wildman–Crippen LogP) is 1.76. The van der Waals surface area contributed by atoms with E-state index >= 15 is 0 Å². The van der Waals surface area contributed by atoms with Gasteiger partial charge in [-0.15, -0.1) is 0 Å². The largest absolute Gasteiger partial charge is 0.465 e. The fraction of sp³-hybridized carbons (Fsp3) is 0.455. The molecular formula is C11H16N4O2. The Morgan fingerprint density at radius 2 is 1.35 bits per heavy atom. The van der Waals surface area contributed by atoms with E-state index in [0.29, 0.717) is 25.2 Å². The van der Waals surface area contributed by atoms with Crippen LogP contribution in [-0.2, 0) is 0 Å². The molecule has 2 rings (SSSR count). The molecule has 0 aliphatic heterocycles. The van der Waals surface area contributed by atoms with Gasteiger partial charge in [-0.1, -0.05) is 0 Å². The summed E-state index contributed by atoms with van der Waals surface area (Å²) in [6.45, 7) is 1.35.